The van der Waals surface area contributed by atoms with E-state index < -0.39 is 0 Å². The number of carbonyl (C=O) groups is 1. The van der Waals surface area contributed by atoms with Gasteiger partial charge in [0.25, 0.3) is 0 Å². The van der Waals surface area contributed by atoms with Gasteiger partial charge in [0, 0.05) is 32.1 Å². The summed E-state index contributed by atoms with van der Waals surface area (Å²) >= 11 is 0. The van der Waals surface area contributed by atoms with Crippen LogP contribution in [0.5, 0.6) is 0 Å². The lowest BCUT2D eigenvalue weighted by Crippen LogP contribution is -2.49. The van der Waals surface area contributed by atoms with Crippen LogP contribution in [0.1, 0.15) is 32.1 Å². The zero-order chi connectivity index (χ0) is 10.7. The fraction of sp³-hybridized carbons (Fsp3) is 0.909. The molecule has 1 saturated carbocycles. The minimum Gasteiger partial charge on any atom is -0.340 e. The number of hydrogen-bond acceptors (Lipinski definition) is 3. The average Bonchev–Trinajstić information content (AvgIpc) is 2.30. The number of hydrogen-bond donors (Lipinski definition) is 1. The van der Waals surface area contributed by atoms with Crippen molar-refractivity contribution in [2.75, 3.05) is 26.2 Å². The largest absolute Gasteiger partial charge is 0.340 e. The van der Waals surface area contributed by atoms with Crippen molar-refractivity contribution < 1.29 is 10.0 Å². The minimum absolute atomic E-state index is 0.268. The van der Waals surface area contributed by atoms with Crippen molar-refractivity contribution in [2.45, 2.75) is 32.1 Å². The number of hydroxylamine groups is 2. The maximum Gasteiger partial charge on any atom is 0.225 e. The van der Waals surface area contributed by atoms with Gasteiger partial charge in [-0.2, -0.15) is 5.06 Å². The van der Waals surface area contributed by atoms with Crippen molar-refractivity contribution in [2.24, 2.45) is 5.92 Å². The maximum absolute atomic E-state index is 12.1. The van der Waals surface area contributed by atoms with Crippen LogP contribution >= 0.6 is 0 Å². The average molecular weight is 212 g/mol. The molecule has 2 fully saturated rings. The zero-order valence-electron chi connectivity index (χ0n) is 9.19. The Hall–Kier alpha value is -0.610. The molecule has 1 N–H and O–H groups in total. The Morgan fingerprint density at radius 2 is 1.60 bits per heavy atom. The van der Waals surface area contributed by atoms with Crippen molar-refractivity contribution in [1.29, 1.82) is 0 Å². The van der Waals surface area contributed by atoms with Gasteiger partial charge in [0.1, 0.15) is 0 Å². The first-order valence-electron chi connectivity index (χ1n) is 6.00. The van der Waals surface area contributed by atoms with Gasteiger partial charge >= 0.3 is 0 Å². The summed E-state index contributed by atoms with van der Waals surface area (Å²) in [5, 5.41) is 10.5. The van der Waals surface area contributed by atoms with E-state index in [9.17, 15) is 10.0 Å². The second-order valence-corrected chi connectivity index (χ2v) is 4.61. The molecular formula is C11H20N2O2. The standard InChI is InChI=1S/C11H20N2O2/c14-11(10-4-2-1-3-5-10)12-6-8-13(15)9-7-12/h10,15H,1-9H2. The Labute approximate surface area is 90.8 Å². The van der Waals surface area contributed by atoms with Gasteiger partial charge in [-0.3, -0.25) is 4.79 Å². The molecule has 0 atom stereocenters. The van der Waals surface area contributed by atoms with Gasteiger partial charge in [-0.25, -0.2) is 0 Å². The fourth-order valence-corrected chi connectivity index (χ4v) is 2.52. The molecule has 1 saturated heterocycles. The lowest BCUT2D eigenvalue weighted by atomic mass is 9.88. The topological polar surface area (TPSA) is 43.8 Å². The normalized spacial score (nSPS) is 25.5. The molecule has 0 radical (unpaired) electrons. The van der Waals surface area contributed by atoms with E-state index in [0.717, 1.165) is 12.8 Å². The fourth-order valence-electron chi connectivity index (χ4n) is 2.52. The van der Waals surface area contributed by atoms with Gasteiger partial charge in [0.05, 0.1) is 0 Å². The van der Waals surface area contributed by atoms with Crippen LogP contribution in [0.25, 0.3) is 0 Å². The highest BCUT2D eigenvalue weighted by Crippen LogP contribution is 2.25. The quantitative estimate of drug-likeness (QED) is 0.708. The van der Waals surface area contributed by atoms with Crippen molar-refractivity contribution in [3.63, 3.8) is 0 Å². The Morgan fingerprint density at radius 3 is 2.20 bits per heavy atom. The van der Waals surface area contributed by atoms with Crippen molar-refractivity contribution in [3.8, 4) is 0 Å². The molecule has 0 unspecified atom stereocenters. The van der Waals surface area contributed by atoms with Crippen molar-refractivity contribution in [3.05, 3.63) is 0 Å². The summed E-state index contributed by atoms with van der Waals surface area (Å²) in [5.41, 5.74) is 0. The molecule has 86 valence electrons. The van der Waals surface area contributed by atoms with Gasteiger partial charge in [-0.05, 0) is 12.8 Å². The van der Waals surface area contributed by atoms with Gasteiger partial charge in [0.15, 0.2) is 0 Å². The molecule has 0 aromatic heterocycles. The Balaban J connectivity index is 1.84. The van der Waals surface area contributed by atoms with Gasteiger partial charge < -0.3 is 10.1 Å². The second-order valence-electron chi connectivity index (χ2n) is 4.61. The number of nitrogens with zero attached hydrogens (tertiary/aromatic N) is 2. The molecule has 4 nitrogen and oxygen atoms in total. The third-order valence-electron chi connectivity index (χ3n) is 3.52. The van der Waals surface area contributed by atoms with Crippen LogP contribution in [0.4, 0.5) is 0 Å². The molecular weight excluding hydrogens is 192 g/mol. The molecule has 1 amide bonds. The Bertz CT molecular complexity index is 219. The highest BCUT2D eigenvalue weighted by molar-refractivity contribution is 5.79. The van der Waals surface area contributed by atoms with E-state index in [4.69, 9.17) is 0 Å². The first kappa shape index (κ1) is 10.9. The molecule has 1 aliphatic heterocycles. The summed E-state index contributed by atoms with van der Waals surface area (Å²) in [6.07, 6.45) is 5.83. The lowest BCUT2D eigenvalue weighted by Gasteiger charge is -2.34. The van der Waals surface area contributed by atoms with Crippen LogP contribution in [0.3, 0.4) is 0 Å². The predicted octanol–water partition coefficient (Wildman–Crippen LogP) is 1.10. The number of amides is 1. The molecule has 4 heteroatoms. The molecule has 15 heavy (non-hydrogen) atoms. The van der Waals surface area contributed by atoms with Gasteiger partial charge in [0.2, 0.25) is 5.91 Å². The van der Waals surface area contributed by atoms with E-state index in [1.807, 2.05) is 4.90 Å². The van der Waals surface area contributed by atoms with E-state index in [2.05, 4.69) is 0 Å². The van der Waals surface area contributed by atoms with Crippen LogP contribution in [-0.4, -0.2) is 47.3 Å². The Morgan fingerprint density at radius 1 is 1.00 bits per heavy atom. The molecule has 1 aliphatic carbocycles. The molecule has 2 aliphatic rings. The molecule has 0 spiro atoms. The molecule has 0 aromatic rings. The smallest absolute Gasteiger partial charge is 0.225 e. The summed E-state index contributed by atoms with van der Waals surface area (Å²) in [6.45, 7) is 2.56. The van der Waals surface area contributed by atoms with Crippen LogP contribution in [0.2, 0.25) is 0 Å². The van der Waals surface area contributed by atoms with Crippen LogP contribution in [0, 0.1) is 5.92 Å². The Kier molecular flexibility index (Phi) is 3.59. The first-order valence-corrected chi connectivity index (χ1v) is 6.00. The monoisotopic (exact) mass is 212 g/mol. The first-order chi connectivity index (χ1) is 7.27. The summed E-state index contributed by atoms with van der Waals surface area (Å²) in [7, 11) is 0. The van der Waals surface area contributed by atoms with E-state index in [1.54, 1.807) is 0 Å². The van der Waals surface area contributed by atoms with E-state index in [0.29, 0.717) is 32.1 Å². The van der Waals surface area contributed by atoms with Crippen molar-refractivity contribution in [1.82, 2.24) is 9.96 Å². The number of rotatable bonds is 1. The lowest BCUT2D eigenvalue weighted by molar-refractivity contribution is -0.150. The summed E-state index contributed by atoms with van der Waals surface area (Å²) < 4.78 is 0. The maximum atomic E-state index is 12.1. The molecule has 1 heterocycles. The number of carbonyl (C=O) groups excluding carboxylic acids is 1. The van der Waals surface area contributed by atoms with Crippen molar-refractivity contribution >= 4 is 5.91 Å². The van der Waals surface area contributed by atoms with Crippen LogP contribution < -0.4 is 0 Å². The highest BCUT2D eigenvalue weighted by atomic mass is 16.5. The second kappa shape index (κ2) is 4.94. The van der Waals surface area contributed by atoms with Gasteiger partial charge in [-0.15, -0.1) is 0 Å². The minimum atomic E-state index is 0.268. The van der Waals surface area contributed by atoms with Gasteiger partial charge in [-0.1, -0.05) is 19.3 Å². The summed E-state index contributed by atoms with van der Waals surface area (Å²) in [5.74, 6) is 0.590. The molecule has 0 bridgehead atoms. The van der Waals surface area contributed by atoms with E-state index >= 15 is 0 Å². The number of piperazine rings is 1. The van der Waals surface area contributed by atoms with E-state index in [-0.39, 0.29) is 5.92 Å². The third kappa shape index (κ3) is 2.69. The summed E-state index contributed by atoms with van der Waals surface area (Å²) in [6, 6.07) is 0. The highest BCUT2D eigenvalue weighted by Gasteiger charge is 2.27. The third-order valence-corrected chi connectivity index (χ3v) is 3.52. The predicted molar refractivity (Wildman–Crippen MR) is 56.5 cm³/mol. The van der Waals surface area contributed by atoms with Crippen LogP contribution in [-0.2, 0) is 4.79 Å². The zero-order valence-corrected chi connectivity index (χ0v) is 9.19. The molecule has 0 aromatic carbocycles. The SMILES string of the molecule is O=C(C1CCCCC1)N1CCN(O)CC1. The van der Waals surface area contributed by atoms with Crippen LogP contribution in [0.15, 0.2) is 0 Å². The summed E-state index contributed by atoms with van der Waals surface area (Å²) in [4.78, 5) is 14.0. The molecule has 2 rings (SSSR count). The van der Waals surface area contributed by atoms with E-state index in [1.165, 1.54) is 24.3 Å².